The van der Waals surface area contributed by atoms with Crippen LogP contribution >= 0.6 is 0 Å². The molecule has 0 aliphatic carbocycles. The first-order chi connectivity index (χ1) is 9.95. The van der Waals surface area contributed by atoms with Crippen molar-refractivity contribution in [1.82, 2.24) is 9.80 Å². The lowest BCUT2D eigenvalue weighted by atomic mass is 9.98. The second-order valence-corrected chi connectivity index (χ2v) is 7.07. The third kappa shape index (κ3) is 3.06. The van der Waals surface area contributed by atoms with Crippen molar-refractivity contribution >= 4 is 5.69 Å². The van der Waals surface area contributed by atoms with Crippen LogP contribution < -0.4 is 4.90 Å². The molecule has 1 atom stereocenters. The Morgan fingerprint density at radius 3 is 2.48 bits per heavy atom. The van der Waals surface area contributed by atoms with E-state index in [1.807, 2.05) is 12.1 Å². The summed E-state index contributed by atoms with van der Waals surface area (Å²) < 4.78 is 13.0. The molecule has 2 heterocycles. The second-order valence-electron chi connectivity index (χ2n) is 7.07. The van der Waals surface area contributed by atoms with Crippen molar-refractivity contribution in [3.63, 3.8) is 0 Å². The average Bonchev–Trinajstić information content (AvgIpc) is 2.92. The first-order valence-corrected chi connectivity index (χ1v) is 7.91. The Morgan fingerprint density at radius 1 is 1.10 bits per heavy atom. The molecule has 2 aliphatic rings. The Labute approximate surface area is 127 Å². The van der Waals surface area contributed by atoms with Gasteiger partial charge in [0, 0.05) is 50.0 Å². The van der Waals surface area contributed by atoms with Crippen molar-refractivity contribution in [2.75, 3.05) is 44.7 Å². The highest BCUT2D eigenvalue weighted by atomic mass is 19.1. The summed E-state index contributed by atoms with van der Waals surface area (Å²) >= 11 is 0. The van der Waals surface area contributed by atoms with Gasteiger partial charge in [0.15, 0.2) is 0 Å². The van der Waals surface area contributed by atoms with Crippen molar-refractivity contribution < 1.29 is 4.39 Å². The van der Waals surface area contributed by atoms with Crippen LogP contribution in [-0.4, -0.2) is 61.2 Å². The number of anilines is 1. The van der Waals surface area contributed by atoms with Crippen LogP contribution in [0.2, 0.25) is 0 Å². The van der Waals surface area contributed by atoms with Crippen LogP contribution in [-0.2, 0) is 0 Å². The average molecular weight is 291 g/mol. The standard InChI is InChI=1S/C17H26FN3/c1-17(2)13-21(11-10-19(17)3)16-8-9-20(12-16)15-6-4-14(18)5-7-15/h4-7,16H,8-13H2,1-3H3. The molecule has 2 saturated heterocycles. The van der Waals surface area contributed by atoms with Crippen molar-refractivity contribution in [3.8, 4) is 0 Å². The molecule has 21 heavy (non-hydrogen) atoms. The van der Waals surface area contributed by atoms with Crippen molar-refractivity contribution in [1.29, 1.82) is 0 Å². The van der Waals surface area contributed by atoms with Crippen LogP contribution in [0.4, 0.5) is 10.1 Å². The maximum Gasteiger partial charge on any atom is 0.123 e. The molecule has 0 saturated carbocycles. The van der Waals surface area contributed by atoms with Crippen molar-refractivity contribution in [3.05, 3.63) is 30.1 Å². The van der Waals surface area contributed by atoms with Gasteiger partial charge in [-0.25, -0.2) is 4.39 Å². The molecule has 3 rings (SSSR count). The molecule has 0 N–H and O–H groups in total. The lowest BCUT2D eigenvalue weighted by Gasteiger charge is -2.47. The largest absolute Gasteiger partial charge is 0.370 e. The topological polar surface area (TPSA) is 9.72 Å². The molecule has 1 aromatic rings. The van der Waals surface area contributed by atoms with Gasteiger partial charge < -0.3 is 4.90 Å². The molecule has 0 amide bonds. The lowest BCUT2D eigenvalue weighted by molar-refractivity contribution is 0.0213. The Morgan fingerprint density at radius 2 is 1.81 bits per heavy atom. The fraction of sp³-hybridized carbons (Fsp3) is 0.647. The van der Waals surface area contributed by atoms with E-state index in [2.05, 4.69) is 35.6 Å². The summed E-state index contributed by atoms with van der Waals surface area (Å²) in [7, 11) is 2.22. The van der Waals surface area contributed by atoms with E-state index in [9.17, 15) is 4.39 Å². The molecule has 2 fully saturated rings. The predicted octanol–water partition coefficient (Wildman–Crippen LogP) is 2.43. The van der Waals surface area contributed by atoms with Crippen LogP contribution in [0, 0.1) is 5.82 Å². The van der Waals surface area contributed by atoms with Crippen LogP contribution in [0.1, 0.15) is 20.3 Å². The molecule has 0 radical (unpaired) electrons. The van der Waals surface area contributed by atoms with Crippen molar-refractivity contribution in [2.24, 2.45) is 0 Å². The fourth-order valence-electron chi connectivity index (χ4n) is 3.52. The minimum atomic E-state index is -0.157. The number of halogens is 1. The number of piperazine rings is 1. The Hall–Kier alpha value is -1.13. The minimum absolute atomic E-state index is 0.157. The zero-order chi connectivity index (χ0) is 15.0. The maximum atomic E-state index is 13.0. The molecule has 0 bridgehead atoms. The number of hydrogen-bond donors (Lipinski definition) is 0. The van der Waals surface area contributed by atoms with E-state index in [0.29, 0.717) is 6.04 Å². The van der Waals surface area contributed by atoms with E-state index < -0.39 is 0 Å². The zero-order valence-electron chi connectivity index (χ0n) is 13.3. The number of benzene rings is 1. The van der Waals surface area contributed by atoms with Gasteiger partial charge in [-0.05, 0) is 51.6 Å². The first-order valence-electron chi connectivity index (χ1n) is 7.91. The molecular formula is C17H26FN3. The SMILES string of the molecule is CN1CCN(C2CCN(c3ccc(F)cc3)C2)CC1(C)C. The molecule has 116 valence electrons. The van der Waals surface area contributed by atoms with E-state index >= 15 is 0 Å². The lowest BCUT2D eigenvalue weighted by Crippen LogP contribution is -2.60. The monoisotopic (exact) mass is 291 g/mol. The molecule has 2 aliphatic heterocycles. The van der Waals surface area contributed by atoms with E-state index in [1.54, 1.807) is 12.1 Å². The number of likely N-dealkylation sites (N-methyl/N-ethyl adjacent to an activating group) is 1. The minimum Gasteiger partial charge on any atom is -0.370 e. The molecule has 1 aromatic carbocycles. The summed E-state index contributed by atoms with van der Waals surface area (Å²) in [5.74, 6) is -0.157. The predicted molar refractivity (Wildman–Crippen MR) is 85.3 cm³/mol. The van der Waals surface area contributed by atoms with E-state index in [0.717, 1.165) is 38.4 Å². The number of nitrogens with zero attached hydrogens (tertiary/aromatic N) is 3. The number of hydrogen-bond acceptors (Lipinski definition) is 3. The smallest absolute Gasteiger partial charge is 0.123 e. The Balaban J connectivity index is 1.63. The van der Waals surface area contributed by atoms with Gasteiger partial charge in [-0.15, -0.1) is 0 Å². The van der Waals surface area contributed by atoms with Crippen molar-refractivity contribution in [2.45, 2.75) is 31.8 Å². The highest BCUT2D eigenvalue weighted by molar-refractivity contribution is 5.47. The normalized spacial score (nSPS) is 27.2. The van der Waals surface area contributed by atoms with Crippen LogP contribution in [0.5, 0.6) is 0 Å². The Bertz CT molecular complexity index is 485. The summed E-state index contributed by atoms with van der Waals surface area (Å²) in [6.07, 6.45) is 1.21. The van der Waals surface area contributed by atoms with Crippen LogP contribution in [0.25, 0.3) is 0 Å². The quantitative estimate of drug-likeness (QED) is 0.828. The van der Waals surface area contributed by atoms with Crippen LogP contribution in [0.3, 0.4) is 0 Å². The van der Waals surface area contributed by atoms with Crippen LogP contribution in [0.15, 0.2) is 24.3 Å². The van der Waals surface area contributed by atoms with Gasteiger partial charge in [0.1, 0.15) is 5.82 Å². The maximum absolute atomic E-state index is 13.0. The summed E-state index contributed by atoms with van der Waals surface area (Å²) in [6.45, 7) is 10.2. The molecule has 0 aromatic heterocycles. The highest BCUT2D eigenvalue weighted by Crippen LogP contribution is 2.27. The van der Waals surface area contributed by atoms with Gasteiger partial charge >= 0.3 is 0 Å². The molecular weight excluding hydrogens is 265 g/mol. The van der Waals surface area contributed by atoms with E-state index in [1.165, 1.54) is 6.42 Å². The Kier molecular flexibility index (Phi) is 3.93. The third-order valence-corrected chi connectivity index (χ3v) is 5.22. The van der Waals surface area contributed by atoms with Gasteiger partial charge in [-0.3, -0.25) is 9.80 Å². The number of rotatable bonds is 2. The molecule has 0 spiro atoms. The van der Waals surface area contributed by atoms with Gasteiger partial charge in [0.2, 0.25) is 0 Å². The van der Waals surface area contributed by atoms with Gasteiger partial charge in [-0.1, -0.05) is 0 Å². The first kappa shape index (κ1) is 14.8. The summed E-state index contributed by atoms with van der Waals surface area (Å²) in [6, 6.07) is 7.53. The summed E-state index contributed by atoms with van der Waals surface area (Å²) in [5.41, 5.74) is 1.40. The van der Waals surface area contributed by atoms with Gasteiger partial charge in [0.05, 0.1) is 0 Å². The summed E-state index contributed by atoms with van der Waals surface area (Å²) in [5, 5.41) is 0. The molecule has 3 nitrogen and oxygen atoms in total. The third-order valence-electron chi connectivity index (χ3n) is 5.22. The van der Waals surface area contributed by atoms with E-state index in [4.69, 9.17) is 0 Å². The zero-order valence-corrected chi connectivity index (χ0v) is 13.3. The summed E-state index contributed by atoms with van der Waals surface area (Å²) in [4.78, 5) is 7.48. The van der Waals surface area contributed by atoms with Gasteiger partial charge in [0.25, 0.3) is 0 Å². The van der Waals surface area contributed by atoms with Gasteiger partial charge in [-0.2, -0.15) is 0 Å². The fourth-order valence-corrected chi connectivity index (χ4v) is 3.52. The molecule has 1 unspecified atom stereocenters. The highest BCUT2D eigenvalue weighted by Gasteiger charge is 2.36. The van der Waals surface area contributed by atoms with E-state index in [-0.39, 0.29) is 11.4 Å². The second kappa shape index (κ2) is 5.58. The molecule has 4 heteroatoms.